The van der Waals surface area contributed by atoms with Crippen LogP contribution in [0.2, 0.25) is 0 Å². The summed E-state index contributed by atoms with van der Waals surface area (Å²) in [6, 6.07) is 0. The van der Waals surface area contributed by atoms with Gasteiger partial charge in [0.05, 0.1) is 0 Å². The van der Waals surface area contributed by atoms with Crippen LogP contribution in [0, 0.1) is 0 Å². The molecule has 0 bridgehead atoms. The Labute approximate surface area is 59.6 Å². The molecule has 46 valence electrons. The van der Waals surface area contributed by atoms with Crippen LogP contribution in [0.3, 0.4) is 0 Å². The van der Waals surface area contributed by atoms with Gasteiger partial charge in [0.2, 0.25) is 0 Å². The van der Waals surface area contributed by atoms with Crippen molar-refractivity contribution in [3.05, 3.63) is 10.6 Å². The van der Waals surface area contributed by atoms with Crippen molar-refractivity contribution in [1.82, 2.24) is 0 Å². The SMILES string of the molecule is C1C[N-]CC[N-]1.[Ag+]. The molecule has 3 heteroatoms. The fourth-order valence-corrected chi connectivity index (χ4v) is 0.506. The minimum absolute atomic E-state index is 0. The second-order valence-corrected chi connectivity index (χ2v) is 1.34. The summed E-state index contributed by atoms with van der Waals surface area (Å²) >= 11 is 0. The Bertz CT molecular complexity index is 25.2. The van der Waals surface area contributed by atoms with E-state index in [9.17, 15) is 0 Å². The second kappa shape index (κ2) is 4.81. The van der Waals surface area contributed by atoms with Crippen molar-refractivity contribution in [2.24, 2.45) is 0 Å². The van der Waals surface area contributed by atoms with E-state index in [1.54, 1.807) is 0 Å². The Balaban J connectivity index is 0.000000360. The molecule has 0 aromatic carbocycles. The van der Waals surface area contributed by atoms with E-state index in [4.69, 9.17) is 0 Å². The number of hydrogen-bond acceptors (Lipinski definition) is 0. The first-order valence-corrected chi connectivity index (χ1v) is 2.26. The fourth-order valence-electron chi connectivity index (χ4n) is 0.506. The third-order valence-corrected chi connectivity index (χ3v) is 0.832. The third kappa shape index (κ3) is 3.26. The van der Waals surface area contributed by atoms with Crippen molar-refractivity contribution in [3.8, 4) is 0 Å². The molecule has 0 aromatic heterocycles. The van der Waals surface area contributed by atoms with Crippen LogP contribution in [-0.4, -0.2) is 26.2 Å². The zero-order valence-electron chi connectivity index (χ0n) is 4.02. The molecule has 0 saturated carbocycles. The first-order valence-electron chi connectivity index (χ1n) is 2.26. The third-order valence-electron chi connectivity index (χ3n) is 0.832. The molecule has 0 N–H and O–H groups in total. The fraction of sp³-hybridized carbons (Fsp3) is 1.00. The van der Waals surface area contributed by atoms with Crippen LogP contribution >= 0.6 is 0 Å². The maximum atomic E-state index is 4.08. The molecular formula is C4H8AgN2-. The zero-order chi connectivity index (χ0) is 4.24. The Morgan fingerprint density at radius 1 is 0.714 bits per heavy atom. The van der Waals surface area contributed by atoms with E-state index in [0.717, 1.165) is 26.2 Å². The molecule has 7 heavy (non-hydrogen) atoms. The molecule has 0 aliphatic carbocycles. The van der Waals surface area contributed by atoms with Crippen molar-refractivity contribution in [3.63, 3.8) is 0 Å². The molecule has 1 aliphatic rings. The quantitative estimate of drug-likeness (QED) is 0.506. The summed E-state index contributed by atoms with van der Waals surface area (Å²) in [5.74, 6) is 0. The van der Waals surface area contributed by atoms with Gasteiger partial charge in [-0.1, -0.05) is 0 Å². The monoisotopic (exact) mass is 191 g/mol. The average molecular weight is 192 g/mol. The molecule has 1 aliphatic heterocycles. The van der Waals surface area contributed by atoms with Gasteiger partial charge in [-0.3, -0.25) is 0 Å². The first kappa shape index (κ1) is 7.66. The normalized spacial score (nSPS) is 20.6. The summed E-state index contributed by atoms with van der Waals surface area (Å²) in [5.41, 5.74) is 0. The van der Waals surface area contributed by atoms with Gasteiger partial charge in [0.15, 0.2) is 0 Å². The maximum absolute atomic E-state index is 4.08. The Hall–Kier alpha value is 0.660. The summed E-state index contributed by atoms with van der Waals surface area (Å²) in [5, 5.41) is 8.17. The summed E-state index contributed by atoms with van der Waals surface area (Å²) in [6.07, 6.45) is 0. The summed E-state index contributed by atoms with van der Waals surface area (Å²) in [6.45, 7) is 3.83. The Kier molecular flexibility index (Phi) is 5.26. The molecule has 0 aromatic rings. The summed E-state index contributed by atoms with van der Waals surface area (Å²) < 4.78 is 0. The Morgan fingerprint density at radius 3 is 1.14 bits per heavy atom. The van der Waals surface area contributed by atoms with Gasteiger partial charge in [0, 0.05) is 0 Å². The van der Waals surface area contributed by atoms with Gasteiger partial charge in [-0.05, 0) is 0 Å². The minimum atomic E-state index is 0. The van der Waals surface area contributed by atoms with E-state index in [1.807, 2.05) is 0 Å². The molecule has 1 rings (SSSR count). The van der Waals surface area contributed by atoms with E-state index < -0.39 is 0 Å². The smallest absolute Gasteiger partial charge is 0.665 e. The predicted molar refractivity (Wildman–Crippen MR) is 26.2 cm³/mol. The van der Waals surface area contributed by atoms with Crippen LogP contribution in [0.1, 0.15) is 0 Å². The van der Waals surface area contributed by atoms with Crippen molar-refractivity contribution in [2.75, 3.05) is 26.2 Å². The van der Waals surface area contributed by atoms with Crippen molar-refractivity contribution in [2.45, 2.75) is 0 Å². The van der Waals surface area contributed by atoms with Gasteiger partial charge in [-0.25, -0.2) is 0 Å². The minimum Gasteiger partial charge on any atom is -0.665 e. The van der Waals surface area contributed by atoms with Gasteiger partial charge >= 0.3 is 22.4 Å². The molecule has 1 heterocycles. The van der Waals surface area contributed by atoms with Crippen LogP contribution in [0.5, 0.6) is 0 Å². The molecule has 0 atom stereocenters. The molecule has 1 saturated heterocycles. The number of hydrogen-bond donors (Lipinski definition) is 0. The number of rotatable bonds is 0. The second-order valence-electron chi connectivity index (χ2n) is 1.34. The average Bonchev–Trinajstić information content (AvgIpc) is 1.72. The molecule has 0 unspecified atom stereocenters. The van der Waals surface area contributed by atoms with Gasteiger partial charge in [0.25, 0.3) is 0 Å². The summed E-state index contributed by atoms with van der Waals surface area (Å²) in [4.78, 5) is 0. The van der Waals surface area contributed by atoms with Crippen LogP contribution in [0.25, 0.3) is 10.6 Å². The van der Waals surface area contributed by atoms with Crippen LogP contribution in [0.15, 0.2) is 0 Å². The summed E-state index contributed by atoms with van der Waals surface area (Å²) in [7, 11) is 0. The van der Waals surface area contributed by atoms with E-state index in [2.05, 4.69) is 10.6 Å². The standard InChI is InChI=1S/C4H8N2.Ag/c1-2-6-4-3-5-1;/h1-4H2;/q-2;+1. The van der Waals surface area contributed by atoms with Gasteiger partial charge < -0.3 is 10.6 Å². The molecule has 0 amide bonds. The molecule has 1 fully saturated rings. The molecule has 0 radical (unpaired) electrons. The van der Waals surface area contributed by atoms with E-state index in [0.29, 0.717) is 0 Å². The van der Waals surface area contributed by atoms with E-state index in [1.165, 1.54) is 0 Å². The van der Waals surface area contributed by atoms with E-state index >= 15 is 0 Å². The first-order chi connectivity index (χ1) is 3.00. The maximum Gasteiger partial charge on any atom is 1.00 e. The molecular weight excluding hydrogens is 184 g/mol. The molecule has 0 spiro atoms. The van der Waals surface area contributed by atoms with Crippen LogP contribution < -0.4 is 0 Å². The largest absolute Gasteiger partial charge is 1.00 e. The van der Waals surface area contributed by atoms with Crippen LogP contribution in [0.4, 0.5) is 0 Å². The van der Waals surface area contributed by atoms with Gasteiger partial charge in [-0.2, -0.15) is 26.2 Å². The topological polar surface area (TPSA) is 28.2 Å². The van der Waals surface area contributed by atoms with E-state index in [-0.39, 0.29) is 22.4 Å². The van der Waals surface area contributed by atoms with Crippen LogP contribution in [-0.2, 0) is 22.4 Å². The molecule has 2 nitrogen and oxygen atoms in total. The van der Waals surface area contributed by atoms with Crippen molar-refractivity contribution >= 4 is 0 Å². The van der Waals surface area contributed by atoms with Crippen molar-refractivity contribution < 1.29 is 22.4 Å². The van der Waals surface area contributed by atoms with Gasteiger partial charge in [0.1, 0.15) is 0 Å². The van der Waals surface area contributed by atoms with Crippen molar-refractivity contribution in [1.29, 1.82) is 0 Å². The number of nitrogens with zero attached hydrogens (tertiary/aromatic N) is 2. The predicted octanol–water partition coefficient (Wildman–Crippen LogP) is 0.745. The number of piperazine rings is 1. The zero-order valence-corrected chi connectivity index (χ0v) is 5.51. The van der Waals surface area contributed by atoms with Gasteiger partial charge in [-0.15, -0.1) is 0 Å². The Morgan fingerprint density at radius 2 is 1.00 bits per heavy atom.